The fourth-order valence-electron chi connectivity index (χ4n) is 1.15. The van der Waals surface area contributed by atoms with Crippen LogP contribution in [0.25, 0.3) is 0 Å². The smallest absolute Gasteiger partial charge is 0.339 e. The molecule has 0 unspecified atom stereocenters. The lowest BCUT2D eigenvalue weighted by Crippen LogP contribution is -2.07. The van der Waals surface area contributed by atoms with Gasteiger partial charge in [-0.2, -0.15) is 0 Å². The van der Waals surface area contributed by atoms with Gasteiger partial charge in [0.25, 0.3) is 0 Å². The lowest BCUT2D eigenvalue weighted by atomic mass is 10.2. The molecule has 17 heavy (non-hydrogen) atoms. The lowest BCUT2D eigenvalue weighted by Gasteiger charge is -2.11. The van der Waals surface area contributed by atoms with Gasteiger partial charge in [0.15, 0.2) is 12.5 Å². The van der Waals surface area contributed by atoms with Crippen LogP contribution < -0.4 is 4.74 Å². The summed E-state index contributed by atoms with van der Waals surface area (Å²) >= 11 is 11.9. The average molecular weight is 279 g/mol. The number of methoxy groups -OCH3 is 1. The molecule has 0 saturated heterocycles. The number of hydrogen-bond donors (Lipinski definition) is 0. The first-order valence-electron chi connectivity index (χ1n) is 4.88. The molecule has 6 heteroatoms. The van der Waals surface area contributed by atoms with Crippen LogP contribution in [-0.2, 0) is 9.47 Å². The van der Waals surface area contributed by atoms with E-state index in [2.05, 4.69) is 0 Å². The van der Waals surface area contributed by atoms with Crippen molar-refractivity contribution in [3.05, 3.63) is 27.7 Å². The highest BCUT2D eigenvalue weighted by atomic mass is 35.5. The molecule has 0 fully saturated rings. The minimum atomic E-state index is -0.517. The van der Waals surface area contributed by atoms with Crippen molar-refractivity contribution in [2.75, 3.05) is 20.5 Å². The second-order valence-electron chi connectivity index (χ2n) is 3.01. The fourth-order valence-corrected chi connectivity index (χ4v) is 1.71. The maximum absolute atomic E-state index is 11.6. The van der Waals surface area contributed by atoms with Gasteiger partial charge in [0, 0.05) is 7.11 Å². The predicted octanol–water partition coefficient (Wildman–Crippen LogP) is 3.15. The molecule has 4 nitrogen and oxygen atoms in total. The summed E-state index contributed by atoms with van der Waals surface area (Å²) in [6, 6.07) is 3.01. The molecule has 0 aromatic heterocycles. The van der Waals surface area contributed by atoms with Gasteiger partial charge in [0.2, 0.25) is 0 Å². The zero-order chi connectivity index (χ0) is 12.8. The normalized spacial score (nSPS) is 10.1. The molecule has 1 aromatic carbocycles. The number of esters is 1. The quantitative estimate of drug-likeness (QED) is 0.613. The van der Waals surface area contributed by atoms with E-state index >= 15 is 0 Å². The molecule has 0 aliphatic heterocycles. The Balaban J connectivity index is 3.05. The summed E-state index contributed by atoms with van der Waals surface area (Å²) in [5.41, 5.74) is 0.212. The molecular formula is C11H12Cl2O4. The van der Waals surface area contributed by atoms with Crippen LogP contribution in [0.3, 0.4) is 0 Å². The maximum Gasteiger partial charge on any atom is 0.339 e. The number of benzene rings is 1. The van der Waals surface area contributed by atoms with E-state index in [1.165, 1.54) is 19.2 Å². The first kappa shape index (κ1) is 14.1. The number of ether oxygens (including phenoxy) is 3. The Labute approximate surface area is 109 Å². The molecule has 0 spiro atoms. The van der Waals surface area contributed by atoms with Crippen molar-refractivity contribution >= 4 is 29.2 Å². The summed E-state index contributed by atoms with van der Waals surface area (Å²) in [6.45, 7) is 1.97. The molecule has 1 aromatic rings. The third-order valence-electron chi connectivity index (χ3n) is 1.87. The van der Waals surface area contributed by atoms with E-state index < -0.39 is 5.97 Å². The average Bonchev–Trinajstić information content (AvgIpc) is 2.29. The van der Waals surface area contributed by atoms with Crippen molar-refractivity contribution in [1.82, 2.24) is 0 Å². The Kier molecular flexibility index (Phi) is 5.55. The largest absolute Gasteiger partial charge is 0.464 e. The molecule has 0 bridgehead atoms. The van der Waals surface area contributed by atoms with Crippen LogP contribution in [0.4, 0.5) is 0 Å². The zero-order valence-electron chi connectivity index (χ0n) is 9.46. The molecule has 0 N–H and O–H groups in total. The van der Waals surface area contributed by atoms with Crippen LogP contribution in [-0.4, -0.2) is 26.5 Å². The maximum atomic E-state index is 11.6. The Hall–Kier alpha value is -0.970. The van der Waals surface area contributed by atoms with E-state index in [-0.39, 0.29) is 29.7 Å². The Morgan fingerprint density at radius 2 is 2.06 bits per heavy atom. The summed E-state index contributed by atoms with van der Waals surface area (Å²) in [6.07, 6.45) is 0. The van der Waals surface area contributed by atoms with Gasteiger partial charge in [0.1, 0.15) is 0 Å². The van der Waals surface area contributed by atoms with Crippen molar-refractivity contribution in [1.29, 1.82) is 0 Å². The summed E-state index contributed by atoms with van der Waals surface area (Å²) < 4.78 is 14.8. The van der Waals surface area contributed by atoms with Gasteiger partial charge in [0.05, 0.1) is 22.2 Å². The van der Waals surface area contributed by atoms with Crippen LogP contribution in [0.5, 0.6) is 5.75 Å². The molecule has 0 heterocycles. The van der Waals surface area contributed by atoms with Gasteiger partial charge < -0.3 is 14.2 Å². The standard InChI is InChI=1S/C11H12Cl2O4/c1-3-16-11(14)7-4-5-8(12)10(9(7)13)17-6-15-2/h4-5H,3,6H2,1-2H3. The van der Waals surface area contributed by atoms with Gasteiger partial charge in [-0.25, -0.2) is 4.79 Å². The van der Waals surface area contributed by atoms with Crippen molar-refractivity contribution in [2.24, 2.45) is 0 Å². The molecule has 94 valence electrons. The third kappa shape index (κ3) is 3.49. The summed E-state index contributed by atoms with van der Waals surface area (Å²) in [7, 11) is 1.47. The highest BCUT2D eigenvalue weighted by Gasteiger charge is 2.18. The number of carbonyl (C=O) groups excluding carboxylic acids is 1. The molecule has 0 radical (unpaired) electrons. The molecule has 0 saturated carbocycles. The van der Waals surface area contributed by atoms with Crippen molar-refractivity contribution < 1.29 is 19.0 Å². The van der Waals surface area contributed by atoms with Crippen molar-refractivity contribution in [3.8, 4) is 5.75 Å². The molecule has 0 aliphatic carbocycles. The van der Waals surface area contributed by atoms with Crippen LogP contribution in [0, 0.1) is 0 Å². The van der Waals surface area contributed by atoms with Crippen LogP contribution in [0.2, 0.25) is 10.0 Å². The van der Waals surface area contributed by atoms with E-state index in [1.807, 2.05) is 0 Å². The number of hydrogen-bond acceptors (Lipinski definition) is 4. The number of halogens is 2. The second-order valence-corrected chi connectivity index (χ2v) is 3.79. The van der Waals surface area contributed by atoms with Crippen LogP contribution >= 0.6 is 23.2 Å². The molecule has 0 amide bonds. The van der Waals surface area contributed by atoms with E-state index in [0.717, 1.165) is 0 Å². The van der Waals surface area contributed by atoms with Gasteiger partial charge in [-0.1, -0.05) is 23.2 Å². The monoisotopic (exact) mass is 278 g/mol. The van der Waals surface area contributed by atoms with Crippen LogP contribution in [0.15, 0.2) is 12.1 Å². The van der Waals surface area contributed by atoms with Gasteiger partial charge in [-0.3, -0.25) is 0 Å². The highest BCUT2D eigenvalue weighted by Crippen LogP contribution is 2.35. The van der Waals surface area contributed by atoms with Gasteiger partial charge in [-0.05, 0) is 19.1 Å². The summed E-state index contributed by atoms with van der Waals surface area (Å²) in [5.74, 6) is -0.308. The van der Waals surface area contributed by atoms with E-state index in [1.54, 1.807) is 6.92 Å². The zero-order valence-corrected chi connectivity index (χ0v) is 11.0. The van der Waals surface area contributed by atoms with E-state index in [4.69, 9.17) is 37.4 Å². The second kappa shape index (κ2) is 6.69. The minimum Gasteiger partial charge on any atom is -0.464 e. The van der Waals surface area contributed by atoms with Crippen LogP contribution in [0.1, 0.15) is 17.3 Å². The predicted molar refractivity (Wildman–Crippen MR) is 64.9 cm³/mol. The SMILES string of the molecule is CCOC(=O)c1ccc(Cl)c(OCOC)c1Cl. The Bertz CT molecular complexity index is 407. The van der Waals surface area contributed by atoms with E-state index in [9.17, 15) is 4.79 Å². The van der Waals surface area contributed by atoms with Gasteiger partial charge in [-0.15, -0.1) is 0 Å². The summed E-state index contributed by atoms with van der Waals surface area (Å²) in [5, 5.41) is 0.424. The summed E-state index contributed by atoms with van der Waals surface area (Å²) in [4.78, 5) is 11.6. The first-order chi connectivity index (χ1) is 8.11. The topological polar surface area (TPSA) is 44.8 Å². The lowest BCUT2D eigenvalue weighted by molar-refractivity contribution is 0.0491. The van der Waals surface area contributed by atoms with Gasteiger partial charge >= 0.3 is 5.97 Å². The number of rotatable bonds is 5. The molecule has 1 rings (SSSR count). The Morgan fingerprint density at radius 1 is 1.35 bits per heavy atom. The Morgan fingerprint density at radius 3 is 2.65 bits per heavy atom. The molecule has 0 atom stereocenters. The van der Waals surface area contributed by atoms with Crippen molar-refractivity contribution in [3.63, 3.8) is 0 Å². The minimum absolute atomic E-state index is 0.00822. The highest BCUT2D eigenvalue weighted by molar-refractivity contribution is 6.39. The molecule has 0 aliphatic rings. The first-order valence-corrected chi connectivity index (χ1v) is 5.64. The number of carbonyl (C=O) groups is 1. The fraction of sp³-hybridized carbons (Fsp3) is 0.364. The third-order valence-corrected chi connectivity index (χ3v) is 2.54. The van der Waals surface area contributed by atoms with Crippen molar-refractivity contribution in [2.45, 2.75) is 6.92 Å². The molecular weight excluding hydrogens is 267 g/mol. The van der Waals surface area contributed by atoms with E-state index in [0.29, 0.717) is 5.02 Å².